The van der Waals surface area contributed by atoms with E-state index in [9.17, 15) is 0 Å². The summed E-state index contributed by atoms with van der Waals surface area (Å²) in [4.78, 5) is 7.36. The Morgan fingerprint density at radius 1 is 0.345 bits per heavy atom. The maximum Gasteiger partial charge on any atom is 0.227 e. The van der Waals surface area contributed by atoms with Crippen molar-refractivity contribution < 1.29 is 8.83 Å². The fourth-order valence-electron chi connectivity index (χ4n) is 7.89. The summed E-state index contributed by atoms with van der Waals surface area (Å²) < 4.78 is 12.5. The van der Waals surface area contributed by atoms with E-state index in [0.29, 0.717) is 5.89 Å². The molecular formula is C51H32N2O2. The highest BCUT2D eigenvalue weighted by Crippen LogP contribution is 2.40. The first-order valence-corrected chi connectivity index (χ1v) is 18.5. The van der Waals surface area contributed by atoms with Crippen LogP contribution in [0.1, 0.15) is 0 Å². The van der Waals surface area contributed by atoms with Crippen LogP contribution in [0.2, 0.25) is 0 Å². The van der Waals surface area contributed by atoms with Crippen molar-refractivity contribution in [3.05, 3.63) is 194 Å². The molecular weight excluding hydrogens is 673 g/mol. The number of para-hydroxylation sites is 2. The minimum Gasteiger partial charge on any atom is -0.456 e. The quantitative estimate of drug-likeness (QED) is 0.173. The molecule has 0 N–H and O–H groups in total. The molecule has 4 nitrogen and oxygen atoms in total. The van der Waals surface area contributed by atoms with Gasteiger partial charge in [-0.15, -0.1) is 0 Å². The van der Waals surface area contributed by atoms with Gasteiger partial charge in [-0.3, -0.25) is 0 Å². The summed E-state index contributed by atoms with van der Waals surface area (Å²) in [5, 5.41) is 7.08. The summed E-state index contributed by atoms with van der Waals surface area (Å²) in [5.41, 5.74) is 11.8. The Bertz CT molecular complexity index is 3210. The van der Waals surface area contributed by atoms with Gasteiger partial charge in [-0.1, -0.05) is 121 Å². The van der Waals surface area contributed by atoms with Crippen LogP contribution in [0.25, 0.3) is 88.3 Å². The van der Waals surface area contributed by atoms with E-state index < -0.39 is 0 Å². The minimum absolute atomic E-state index is 0.566. The monoisotopic (exact) mass is 704 g/mol. The van der Waals surface area contributed by atoms with Crippen molar-refractivity contribution in [2.24, 2.45) is 0 Å². The molecule has 258 valence electrons. The Kier molecular flexibility index (Phi) is 7.14. The van der Waals surface area contributed by atoms with Crippen molar-refractivity contribution in [3.8, 4) is 33.7 Å². The number of aromatic nitrogens is 1. The summed E-state index contributed by atoms with van der Waals surface area (Å²) in [6, 6.07) is 68.3. The lowest BCUT2D eigenvalue weighted by atomic mass is 10.0. The molecule has 0 fully saturated rings. The molecule has 0 atom stereocenters. The van der Waals surface area contributed by atoms with E-state index in [1.165, 1.54) is 32.7 Å². The molecule has 2 heterocycles. The van der Waals surface area contributed by atoms with E-state index in [1.807, 2.05) is 36.4 Å². The predicted molar refractivity (Wildman–Crippen MR) is 227 cm³/mol. The Labute approximate surface area is 317 Å². The molecule has 11 aromatic rings. The topological polar surface area (TPSA) is 42.4 Å². The van der Waals surface area contributed by atoms with E-state index >= 15 is 0 Å². The van der Waals surface area contributed by atoms with E-state index in [-0.39, 0.29) is 0 Å². The first-order chi connectivity index (χ1) is 27.2. The van der Waals surface area contributed by atoms with Gasteiger partial charge in [0.2, 0.25) is 5.89 Å². The van der Waals surface area contributed by atoms with E-state index in [4.69, 9.17) is 13.8 Å². The second-order valence-electron chi connectivity index (χ2n) is 14.0. The number of hydrogen-bond donors (Lipinski definition) is 0. The molecule has 11 rings (SSSR count). The Hall–Kier alpha value is -7.43. The molecule has 0 saturated carbocycles. The lowest BCUT2D eigenvalue weighted by Crippen LogP contribution is -2.09. The van der Waals surface area contributed by atoms with Gasteiger partial charge in [0.15, 0.2) is 5.58 Å². The van der Waals surface area contributed by atoms with Gasteiger partial charge in [-0.25, -0.2) is 4.98 Å². The first-order valence-electron chi connectivity index (χ1n) is 18.5. The molecule has 0 spiro atoms. The number of oxazole rings is 1. The van der Waals surface area contributed by atoms with Crippen molar-refractivity contribution in [3.63, 3.8) is 0 Å². The van der Waals surface area contributed by atoms with Crippen molar-refractivity contribution >= 4 is 71.6 Å². The molecule has 55 heavy (non-hydrogen) atoms. The molecule has 2 aromatic heterocycles. The number of furan rings is 1. The highest BCUT2D eigenvalue weighted by atomic mass is 16.3. The average molecular weight is 705 g/mol. The summed E-state index contributed by atoms with van der Waals surface area (Å²) in [7, 11) is 0. The van der Waals surface area contributed by atoms with Crippen molar-refractivity contribution in [1.29, 1.82) is 0 Å². The van der Waals surface area contributed by atoms with Crippen LogP contribution in [-0.2, 0) is 0 Å². The third-order valence-electron chi connectivity index (χ3n) is 10.7. The second-order valence-corrected chi connectivity index (χ2v) is 14.0. The molecule has 0 bridgehead atoms. The summed E-state index contributed by atoms with van der Waals surface area (Å²) in [6.07, 6.45) is 0. The zero-order valence-corrected chi connectivity index (χ0v) is 29.7. The molecule has 0 radical (unpaired) electrons. The molecule has 0 amide bonds. The van der Waals surface area contributed by atoms with Gasteiger partial charge in [0.05, 0.1) is 0 Å². The van der Waals surface area contributed by atoms with Gasteiger partial charge >= 0.3 is 0 Å². The fraction of sp³-hybridized carbons (Fsp3) is 0. The van der Waals surface area contributed by atoms with Gasteiger partial charge in [0.1, 0.15) is 16.7 Å². The number of fused-ring (bicyclic) bond motifs is 6. The van der Waals surface area contributed by atoms with E-state index in [0.717, 1.165) is 66.8 Å². The molecule has 0 aliphatic carbocycles. The zero-order valence-electron chi connectivity index (χ0n) is 29.7. The van der Waals surface area contributed by atoms with Crippen molar-refractivity contribution in [2.75, 3.05) is 4.90 Å². The molecule has 0 aliphatic heterocycles. The number of nitrogens with zero attached hydrogens (tertiary/aromatic N) is 2. The summed E-state index contributed by atoms with van der Waals surface area (Å²) in [6.45, 7) is 0. The van der Waals surface area contributed by atoms with E-state index in [1.54, 1.807) is 0 Å². The molecule has 4 heteroatoms. The molecule has 9 aromatic carbocycles. The zero-order chi connectivity index (χ0) is 36.3. The maximum absolute atomic E-state index is 6.35. The Morgan fingerprint density at radius 3 is 1.71 bits per heavy atom. The van der Waals surface area contributed by atoms with Gasteiger partial charge in [-0.05, 0) is 111 Å². The Morgan fingerprint density at radius 2 is 0.927 bits per heavy atom. The number of anilines is 3. The van der Waals surface area contributed by atoms with Crippen LogP contribution in [0.15, 0.2) is 203 Å². The number of benzene rings is 9. The van der Waals surface area contributed by atoms with Gasteiger partial charge in [0.25, 0.3) is 0 Å². The summed E-state index contributed by atoms with van der Waals surface area (Å²) >= 11 is 0. The van der Waals surface area contributed by atoms with Crippen LogP contribution in [0.5, 0.6) is 0 Å². The molecule has 0 aliphatic rings. The lowest BCUT2D eigenvalue weighted by molar-refractivity contribution is 0.619. The fourth-order valence-corrected chi connectivity index (χ4v) is 7.89. The molecule has 0 saturated heterocycles. The smallest absolute Gasteiger partial charge is 0.227 e. The highest BCUT2D eigenvalue weighted by molar-refractivity contribution is 6.06. The first kappa shape index (κ1) is 31.1. The Balaban J connectivity index is 0.961. The van der Waals surface area contributed by atoms with Gasteiger partial charge in [0, 0.05) is 39.0 Å². The van der Waals surface area contributed by atoms with Crippen LogP contribution >= 0.6 is 0 Å². The van der Waals surface area contributed by atoms with Gasteiger partial charge in [-0.2, -0.15) is 0 Å². The normalized spacial score (nSPS) is 11.6. The van der Waals surface area contributed by atoms with Gasteiger partial charge < -0.3 is 13.7 Å². The largest absolute Gasteiger partial charge is 0.456 e. The van der Waals surface area contributed by atoms with Crippen LogP contribution in [-0.4, -0.2) is 4.98 Å². The van der Waals surface area contributed by atoms with Crippen molar-refractivity contribution in [1.82, 2.24) is 4.98 Å². The van der Waals surface area contributed by atoms with E-state index in [2.05, 4.69) is 163 Å². The standard InChI is InChI=1S/C51H32N2O2/c1-3-10-37-30-39(17-16-33(37)8-1)35-18-24-41(25-19-35)53(43-28-20-34-9-2-4-11-38(34)31-43)42-26-21-36(22-27-42)44-13-7-15-48-50(44)52-51(55-48)40-23-29-46-45-12-5-6-14-47(45)54-49(46)32-40/h1-32H. The highest BCUT2D eigenvalue weighted by Gasteiger charge is 2.17. The maximum atomic E-state index is 6.35. The SMILES string of the molecule is c1ccc2cc(-c3ccc(N(c4ccc(-c5cccc6oc(-c7ccc8c(c7)oc7ccccc78)nc56)cc4)c4ccc5ccccc5c4)cc3)ccc2c1. The van der Waals surface area contributed by atoms with Crippen LogP contribution < -0.4 is 4.90 Å². The van der Waals surface area contributed by atoms with Crippen LogP contribution in [0, 0.1) is 0 Å². The third kappa shape index (κ3) is 5.43. The van der Waals surface area contributed by atoms with Crippen LogP contribution in [0.4, 0.5) is 17.1 Å². The van der Waals surface area contributed by atoms with Crippen LogP contribution in [0.3, 0.4) is 0 Å². The molecule has 0 unspecified atom stereocenters. The average Bonchev–Trinajstić information content (AvgIpc) is 3.86. The summed E-state index contributed by atoms with van der Waals surface area (Å²) in [5.74, 6) is 0.566. The lowest BCUT2D eigenvalue weighted by Gasteiger charge is -2.26. The third-order valence-corrected chi connectivity index (χ3v) is 10.7. The number of rotatable bonds is 6. The number of hydrogen-bond acceptors (Lipinski definition) is 4. The predicted octanol–water partition coefficient (Wildman–Crippen LogP) is 14.5. The second kappa shape index (κ2) is 12.6. The van der Waals surface area contributed by atoms with Crippen molar-refractivity contribution in [2.45, 2.75) is 0 Å². The minimum atomic E-state index is 0.566.